The molecule has 0 N–H and O–H groups in total. The zero-order chi connectivity index (χ0) is 15.0. The van der Waals surface area contributed by atoms with Crippen molar-refractivity contribution in [3.63, 3.8) is 0 Å². The average molecular weight is 298 g/mol. The van der Waals surface area contributed by atoms with Crippen LogP contribution in [0.4, 0.5) is 0 Å². The van der Waals surface area contributed by atoms with E-state index in [1.807, 2.05) is 0 Å². The molecule has 0 radical (unpaired) electrons. The summed E-state index contributed by atoms with van der Waals surface area (Å²) in [6, 6.07) is 6.28. The van der Waals surface area contributed by atoms with Crippen LogP contribution in [0, 0.1) is 20.8 Å². The molecular weight excluding hydrogens is 280 g/mol. The van der Waals surface area contributed by atoms with Gasteiger partial charge in [-0.05, 0) is 44.9 Å². The molecule has 2 heterocycles. The highest BCUT2D eigenvalue weighted by Crippen LogP contribution is 2.32. The van der Waals surface area contributed by atoms with E-state index in [9.17, 15) is 0 Å². The highest BCUT2D eigenvalue weighted by Gasteiger charge is 2.16. The summed E-state index contributed by atoms with van der Waals surface area (Å²) in [4.78, 5) is 1.32. The van der Waals surface area contributed by atoms with Gasteiger partial charge in [0.05, 0.1) is 5.56 Å². The molecule has 0 unspecified atom stereocenters. The minimum atomic E-state index is 0.586. The molecule has 0 aliphatic carbocycles. The second-order valence-electron chi connectivity index (χ2n) is 5.33. The van der Waals surface area contributed by atoms with Gasteiger partial charge in [-0.3, -0.25) is 0 Å². The maximum Gasteiger partial charge on any atom is 0.249 e. The maximum atomic E-state index is 5.91. The zero-order valence-corrected chi connectivity index (χ0v) is 13.5. The Labute approximate surface area is 128 Å². The molecule has 108 valence electrons. The molecule has 0 saturated carbocycles. The second-order valence-corrected chi connectivity index (χ2v) is 6.41. The van der Waals surface area contributed by atoms with E-state index in [2.05, 4.69) is 61.5 Å². The molecule has 21 heavy (non-hydrogen) atoms. The first-order valence-electron chi connectivity index (χ1n) is 7.08. The van der Waals surface area contributed by atoms with Crippen LogP contribution in [0.2, 0.25) is 0 Å². The van der Waals surface area contributed by atoms with Gasteiger partial charge in [0.1, 0.15) is 0 Å². The Morgan fingerprint density at radius 1 is 1.00 bits per heavy atom. The average Bonchev–Trinajstić information content (AvgIpc) is 3.03. The number of rotatable bonds is 3. The van der Waals surface area contributed by atoms with Gasteiger partial charge in [0.2, 0.25) is 11.8 Å². The fourth-order valence-electron chi connectivity index (χ4n) is 2.64. The third kappa shape index (κ3) is 2.63. The van der Waals surface area contributed by atoms with Gasteiger partial charge >= 0.3 is 0 Å². The molecule has 0 aliphatic rings. The molecule has 0 saturated heterocycles. The number of hydrogen-bond donors (Lipinski definition) is 0. The van der Waals surface area contributed by atoms with Crippen molar-refractivity contribution in [3.05, 3.63) is 45.1 Å². The Hall–Kier alpha value is -1.94. The normalized spacial score (nSPS) is 11.0. The maximum absolute atomic E-state index is 5.91. The highest BCUT2D eigenvalue weighted by atomic mass is 32.1. The molecule has 0 aliphatic heterocycles. The van der Waals surface area contributed by atoms with Crippen molar-refractivity contribution in [3.8, 4) is 22.9 Å². The minimum absolute atomic E-state index is 0.586. The van der Waals surface area contributed by atoms with Gasteiger partial charge < -0.3 is 4.42 Å². The second kappa shape index (κ2) is 5.45. The summed E-state index contributed by atoms with van der Waals surface area (Å²) in [7, 11) is 0. The molecule has 2 aromatic heterocycles. The lowest BCUT2D eigenvalue weighted by molar-refractivity contribution is 0.584. The van der Waals surface area contributed by atoms with E-state index in [0.717, 1.165) is 17.5 Å². The van der Waals surface area contributed by atoms with Gasteiger partial charge in [0, 0.05) is 15.8 Å². The Morgan fingerprint density at radius 2 is 1.67 bits per heavy atom. The van der Waals surface area contributed by atoms with Gasteiger partial charge in [-0.2, -0.15) is 0 Å². The van der Waals surface area contributed by atoms with Crippen molar-refractivity contribution >= 4 is 11.3 Å². The first kappa shape index (κ1) is 14.0. The number of thiophene rings is 1. The van der Waals surface area contributed by atoms with Crippen LogP contribution in [0.25, 0.3) is 22.9 Å². The standard InChI is InChI=1S/C17H18N2OS/c1-5-14-12(4)21-9-15(14)17-19-18-16(20-17)13-7-10(2)6-11(3)8-13/h6-9H,5H2,1-4H3. The Morgan fingerprint density at radius 3 is 2.33 bits per heavy atom. The van der Waals surface area contributed by atoms with Crippen molar-refractivity contribution in [1.29, 1.82) is 0 Å². The quantitative estimate of drug-likeness (QED) is 0.686. The molecule has 0 atom stereocenters. The first-order chi connectivity index (χ1) is 10.1. The third-order valence-corrected chi connectivity index (χ3v) is 4.53. The van der Waals surface area contributed by atoms with Crippen molar-refractivity contribution in [1.82, 2.24) is 10.2 Å². The van der Waals surface area contributed by atoms with E-state index < -0.39 is 0 Å². The van der Waals surface area contributed by atoms with E-state index in [0.29, 0.717) is 11.8 Å². The predicted octanol–water partition coefficient (Wildman–Crippen LogP) is 4.95. The predicted molar refractivity (Wildman–Crippen MR) is 86.6 cm³/mol. The SMILES string of the molecule is CCc1c(-c2nnc(-c3cc(C)cc(C)c3)o2)csc1C. The lowest BCUT2D eigenvalue weighted by Gasteiger charge is -2.00. The van der Waals surface area contributed by atoms with Crippen LogP contribution in [0.15, 0.2) is 28.0 Å². The Bertz CT molecular complexity index is 766. The van der Waals surface area contributed by atoms with Gasteiger partial charge in [-0.25, -0.2) is 0 Å². The largest absolute Gasteiger partial charge is 0.416 e. The van der Waals surface area contributed by atoms with Crippen molar-refractivity contribution in [2.45, 2.75) is 34.1 Å². The van der Waals surface area contributed by atoms with Crippen LogP contribution in [0.1, 0.15) is 28.5 Å². The molecule has 3 nitrogen and oxygen atoms in total. The van der Waals surface area contributed by atoms with Crippen LogP contribution in [0.3, 0.4) is 0 Å². The van der Waals surface area contributed by atoms with Gasteiger partial charge in [0.15, 0.2) is 0 Å². The third-order valence-electron chi connectivity index (χ3n) is 3.58. The van der Waals surface area contributed by atoms with E-state index in [-0.39, 0.29) is 0 Å². The van der Waals surface area contributed by atoms with Crippen LogP contribution < -0.4 is 0 Å². The lowest BCUT2D eigenvalue weighted by atomic mass is 10.1. The number of aromatic nitrogens is 2. The summed E-state index contributed by atoms with van der Waals surface area (Å²) in [5.41, 5.74) is 5.76. The van der Waals surface area contributed by atoms with Crippen LogP contribution in [-0.4, -0.2) is 10.2 Å². The molecule has 0 bridgehead atoms. The van der Waals surface area contributed by atoms with E-state index >= 15 is 0 Å². The summed E-state index contributed by atoms with van der Waals surface area (Å²) >= 11 is 1.73. The molecule has 3 rings (SSSR count). The van der Waals surface area contributed by atoms with Crippen molar-refractivity contribution in [2.75, 3.05) is 0 Å². The van der Waals surface area contributed by atoms with Crippen molar-refractivity contribution in [2.24, 2.45) is 0 Å². The molecular formula is C17H18N2OS. The number of nitrogens with zero attached hydrogens (tertiary/aromatic N) is 2. The molecule has 3 aromatic rings. The van der Waals surface area contributed by atoms with E-state index in [1.165, 1.54) is 21.6 Å². The number of aryl methyl sites for hydroxylation is 3. The summed E-state index contributed by atoms with van der Waals surface area (Å²) in [5.74, 6) is 1.20. The Balaban J connectivity index is 2.03. The van der Waals surface area contributed by atoms with Gasteiger partial charge in [0.25, 0.3) is 0 Å². The van der Waals surface area contributed by atoms with E-state index in [1.54, 1.807) is 11.3 Å². The molecule has 0 amide bonds. The first-order valence-corrected chi connectivity index (χ1v) is 7.96. The van der Waals surface area contributed by atoms with Crippen LogP contribution in [0.5, 0.6) is 0 Å². The number of benzene rings is 1. The number of hydrogen-bond acceptors (Lipinski definition) is 4. The zero-order valence-electron chi connectivity index (χ0n) is 12.7. The van der Waals surface area contributed by atoms with Gasteiger partial charge in [-0.15, -0.1) is 21.5 Å². The monoisotopic (exact) mass is 298 g/mol. The smallest absolute Gasteiger partial charge is 0.249 e. The van der Waals surface area contributed by atoms with Crippen molar-refractivity contribution < 1.29 is 4.42 Å². The minimum Gasteiger partial charge on any atom is -0.416 e. The molecule has 4 heteroatoms. The molecule has 0 spiro atoms. The highest BCUT2D eigenvalue weighted by molar-refractivity contribution is 7.10. The molecule has 1 aromatic carbocycles. The fraction of sp³-hybridized carbons (Fsp3) is 0.294. The summed E-state index contributed by atoms with van der Waals surface area (Å²) in [6.07, 6.45) is 0.978. The van der Waals surface area contributed by atoms with Crippen LogP contribution >= 0.6 is 11.3 Å². The molecule has 0 fully saturated rings. The fourth-order valence-corrected chi connectivity index (χ4v) is 3.58. The summed E-state index contributed by atoms with van der Waals surface area (Å²) in [6.45, 7) is 8.43. The summed E-state index contributed by atoms with van der Waals surface area (Å²) in [5, 5.41) is 10.6. The topological polar surface area (TPSA) is 38.9 Å². The lowest BCUT2D eigenvalue weighted by Crippen LogP contribution is -1.84. The van der Waals surface area contributed by atoms with E-state index in [4.69, 9.17) is 4.42 Å². The Kier molecular flexibility index (Phi) is 3.64. The van der Waals surface area contributed by atoms with Gasteiger partial charge in [-0.1, -0.05) is 24.1 Å². The van der Waals surface area contributed by atoms with Crippen LogP contribution in [-0.2, 0) is 6.42 Å². The summed E-state index contributed by atoms with van der Waals surface area (Å²) < 4.78 is 5.91.